The zero-order valence-corrected chi connectivity index (χ0v) is 6.50. The lowest BCUT2D eigenvalue weighted by atomic mass is 10.2. The van der Waals surface area contributed by atoms with Crippen LogP contribution in [0.25, 0.3) is 0 Å². The molecule has 0 heterocycles. The molecule has 57 valence electrons. The van der Waals surface area contributed by atoms with Gasteiger partial charge in [-0.2, -0.15) is 0 Å². The number of rotatable bonds is 1. The summed E-state index contributed by atoms with van der Waals surface area (Å²) in [5.41, 5.74) is 0.112. The van der Waals surface area contributed by atoms with Gasteiger partial charge in [0.05, 0.1) is 0 Å². The first-order valence-corrected chi connectivity index (χ1v) is 3.64. The van der Waals surface area contributed by atoms with E-state index < -0.39 is 17.5 Å². The number of halogens is 3. The Balaban J connectivity index is 3.21. The van der Waals surface area contributed by atoms with E-state index >= 15 is 0 Å². The number of hydrogen-bond donors (Lipinski definition) is 0. The maximum Gasteiger partial charge on any atom is 0.161 e. The summed E-state index contributed by atoms with van der Waals surface area (Å²) in [6.07, 6.45) is 0. The average Bonchev–Trinajstić information content (AvgIpc) is 1.97. The highest BCUT2D eigenvalue weighted by Crippen LogP contribution is 2.12. The van der Waals surface area contributed by atoms with E-state index in [0.717, 1.165) is 6.07 Å². The van der Waals surface area contributed by atoms with Crippen LogP contribution in [0, 0.1) is 17.5 Å². The Bertz CT molecular complexity index is 273. The third kappa shape index (κ3) is 1.62. The second-order valence-corrected chi connectivity index (χ2v) is 2.39. The molecule has 0 saturated heterocycles. The van der Waals surface area contributed by atoms with Crippen molar-refractivity contribution in [1.82, 2.24) is 0 Å². The highest BCUT2D eigenvalue weighted by Gasteiger charge is 2.07. The first-order chi connectivity index (χ1) is 5.15. The Hall–Kier alpha value is -0.773. The summed E-state index contributed by atoms with van der Waals surface area (Å²) in [4.78, 5) is 0. The van der Waals surface area contributed by atoms with Crippen LogP contribution in [0.4, 0.5) is 13.2 Å². The van der Waals surface area contributed by atoms with Gasteiger partial charge in [-0.15, -0.1) is 0 Å². The zero-order valence-electron chi connectivity index (χ0n) is 5.50. The topological polar surface area (TPSA) is 0 Å². The summed E-state index contributed by atoms with van der Waals surface area (Å²) in [5, 5.41) is 0. The Morgan fingerprint density at radius 2 is 1.55 bits per heavy atom. The smallest absolute Gasteiger partial charge is 0.161 e. The van der Waals surface area contributed by atoms with Gasteiger partial charge in [-0.25, -0.2) is 13.2 Å². The van der Waals surface area contributed by atoms with Gasteiger partial charge in [0.15, 0.2) is 11.6 Å². The average molecular weight is 173 g/mol. The summed E-state index contributed by atoms with van der Waals surface area (Å²) < 4.78 is 37.2. The largest absolute Gasteiger partial charge is 0.207 e. The molecule has 0 atom stereocenters. The van der Waals surface area contributed by atoms with E-state index in [1.54, 1.807) is 0 Å². The maximum absolute atomic E-state index is 12.6. The van der Waals surface area contributed by atoms with Gasteiger partial charge < -0.3 is 0 Å². The van der Waals surface area contributed by atoms with Crippen LogP contribution in [0.15, 0.2) is 12.1 Å². The fourth-order valence-corrected chi connectivity index (χ4v) is 0.970. The van der Waals surface area contributed by atoms with Crippen molar-refractivity contribution in [3.05, 3.63) is 35.1 Å². The van der Waals surface area contributed by atoms with Crippen molar-refractivity contribution in [2.75, 3.05) is 0 Å². The second kappa shape index (κ2) is 3.09. The first kappa shape index (κ1) is 8.32. The molecule has 0 aromatic heterocycles. The molecule has 0 fully saturated rings. The quantitative estimate of drug-likeness (QED) is 0.448. The van der Waals surface area contributed by atoms with Gasteiger partial charge in [0.25, 0.3) is 0 Å². The lowest BCUT2D eigenvalue weighted by Gasteiger charge is -1.99. The van der Waals surface area contributed by atoms with Gasteiger partial charge in [0.2, 0.25) is 0 Å². The summed E-state index contributed by atoms with van der Waals surface area (Å²) in [5.74, 6) is -2.93. The van der Waals surface area contributed by atoms with Gasteiger partial charge in [-0.1, -0.05) is 0 Å². The molecule has 0 amide bonds. The fourth-order valence-electron chi connectivity index (χ4n) is 0.699. The lowest BCUT2D eigenvalue weighted by Crippen LogP contribution is -1.94. The second-order valence-electron chi connectivity index (χ2n) is 2.03. The van der Waals surface area contributed by atoms with Gasteiger partial charge in [0.1, 0.15) is 5.82 Å². The van der Waals surface area contributed by atoms with Crippen LogP contribution in [0.2, 0.25) is 0 Å². The van der Waals surface area contributed by atoms with Crippen LogP contribution in [-0.4, -0.2) is 10.2 Å². The van der Waals surface area contributed by atoms with E-state index in [2.05, 4.69) is 10.2 Å². The summed E-state index contributed by atoms with van der Waals surface area (Å²) in [7, 11) is 2.98. The third-order valence-electron chi connectivity index (χ3n) is 1.28. The van der Waals surface area contributed by atoms with Crippen LogP contribution in [-0.2, 0) is 6.04 Å². The van der Waals surface area contributed by atoms with E-state index in [-0.39, 0.29) is 11.6 Å². The molecule has 1 aromatic carbocycles. The number of hydrogen-bond acceptors (Lipinski definition) is 0. The van der Waals surface area contributed by atoms with Crippen molar-refractivity contribution < 1.29 is 13.2 Å². The lowest BCUT2D eigenvalue weighted by molar-refractivity contribution is 0.491. The minimum absolute atomic E-state index is 0.112. The zero-order chi connectivity index (χ0) is 8.43. The molecule has 0 aliphatic heterocycles. The van der Waals surface area contributed by atoms with Gasteiger partial charge in [0, 0.05) is 16.3 Å². The monoisotopic (exact) mass is 173 g/mol. The summed E-state index contributed by atoms with van der Waals surface area (Å²) in [6, 6.07) is 1.53. The SMILES string of the molecule is Fc1cc(F)c(C[Si])cc1F. The van der Waals surface area contributed by atoms with Gasteiger partial charge in [-0.3, -0.25) is 0 Å². The molecule has 11 heavy (non-hydrogen) atoms. The summed E-state index contributed by atoms with van der Waals surface area (Å²) >= 11 is 0. The fraction of sp³-hybridized carbons (Fsp3) is 0.143. The standard InChI is InChI=1S/C7H4F3Si/c8-5-2-7(10)6(9)1-4(5)3-11/h1-2H,3H2. The van der Waals surface area contributed by atoms with Crippen LogP contribution in [0.5, 0.6) is 0 Å². The van der Waals surface area contributed by atoms with Crippen molar-refractivity contribution >= 4 is 10.2 Å². The van der Waals surface area contributed by atoms with Crippen LogP contribution in [0.1, 0.15) is 5.56 Å². The van der Waals surface area contributed by atoms with Crippen molar-refractivity contribution in [3.8, 4) is 0 Å². The Labute approximate surface area is 65.5 Å². The van der Waals surface area contributed by atoms with E-state index in [0.29, 0.717) is 6.07 Å². The van der Waals surface area contributed by atoms with Crippen molar-refractivity contribution in [2.24, 2.45) is 0 Å². The predicted molar refractivity (Wildman–Crippen MR) is 35.8 cm³/mol. The molecule has 0 unspecified atom stereocenters. The molecule has 0 nitrogen and oxygen atoms in total. The van der Waals surface area contributed by atoms with Crippen LogP contribution < -0.4 is 0 Å². The van der Waals surface area contributed by atoms with E-state index in [1.165, 1.54) is 0 Å². The first-order valence-electron chi connectivity index (χ1n) is 2.93. The summed E-state index contributed by atoms with van der Waals surface area (Å²) in [6.45, 7) is 0. The molecule has 3 radical (unpaired) electrons. The molecular formula is C7H4F3Si. The molecule has 1 rings (SSSR count). The molecule has 0 aliphatic carbocycles. The molecular weight excluding hydrogens is 169 g/mol. The Kier molecular flexibility index (Phi) is 2.33. The molecule has 4 heteroatoms. The van der Waals surface area contributed by atoms with Crippen LogP contribution >= 0.6 is 0 Å². The van der Waals surface area contributed by atoms with Crippen molar-refractivity contribution in [1.29, 1.82) is 0 Å². The number of benzene rings is 1. The van der Waals surface area contributed by atoms with Crippen molar-refractivity contribution in [2.45, 2.75) is 6.04 Å². The Morgan fingerprint density at radius 3 is 2.09 bits per heavy atom. The highest BCUT2D eigenvalue weighted by molar-refractivity contribution is 6.08. The van der Waals surface area contributed by atoms with Gasteiger partial charge >= 0.3 is 0 Å². The molecule has 0 N–H and O–H groups in total. The Morgan fingerprint density at radius 1 is 1.00 bits per heavy atom. The minimum atomic E-state index is -1.16. The highest BCUT2D eigenvalue weighted by atomic mass is 28.1. The van der Waals surface area contributed by atoms with Gasteiger partial charge in [-0.05, 0) is 17.7 Å². The maximum atomic E-state index is 12.6. The predicted octanol–water partition coefficient (Wildman–Crippen LogP) is 1.77. The molecule has 0 saturated carbocycles. The molecule has 0 bridgehead atoms. The van der Waals surface area contributed by atoms with Crippen molar-refractivity contribution in [3.63, 3.8) is 0 Å². The minimum Gasteiger partial charge on any atom is -0.207 e. The molecule has 0 aliphatic rings. The van der Waals surface area contributed by atoms with Crippen LogP contribution in [0.3, 0.4) is 0 Å². The molecule has 1 aromatic rings. The van der Waals surface area contributed by atoms with E-state index in [9.17, 15) is 13.2 Å². The third-order valence-corrected chi connectivity index (χ3v) is 1.66. The normalized spacial score (nSPS) is 10.2. The molecule has 0 spiro atoms. The van der Waals surface area contributed by atoms with E-state index in [1.807, 2.05) is 0 Å². The van der Waals surface area contributed by atoms with E-state index in [4.69, 9.17) is 0 Å².